The lowest BCUT2D eigenvalue weighted by Crippen LogP contribution is -2.46. The van der Waals surface area contributed by atoms with Gasteiger partial charge in [0, 0.05) is 7.05 Å². The number of ether oxygens (including phenoxy) is 4. The molecule has 0 aliphatic carbocycles. The minimum Gasteiger partial charge on any atom is -0.497 e. The van der Waals surface area contributed by atoms with E-state index in [2.05, 4.69) is 10.3 Å². The van der Waals surface area contributed by atoms with E-state index in [9.17, 15) is 18.8 Å². The molecule has 3 aromatic rings. The second-order valence-electron chi connectivity index (χ2n) is 8.02. The van der Waals surface area contributed by atoms with Crippen LogP contribution < -0.4 is 26.1 Å². The lowest BCUT2D eigenvalue weighted by Gasteiger charge is -2.28. The van der Waals surface area contributed by atoms with E-state index in [1.807, 2.05) is 0 Å². The van der Waals surface area contributed by atoms with Crippen LogP contribution in [0.5, 0.6) is 11.5 Å². The van der Waals surface area contributed by atoms with E-state index in [1.54, 1.807) is 24.3 Å². The van der Waals surface area contributed by atoms with E-state index < -0.39 is 29.5 Å². The lowest BCUT2D eigenvalue weighted by molar-refractivity contribution is -0.163. The molecule has 2 heterocycles. The lowest BCUT2D eigenvalue weighted by atomic mass is 10.1. The molecule has 1 aliphatic rings. The molecule has 0 spiro atoms. The van der Waals surface area contributed by atoms with Crippen molar-refractivity contribution in [3.8, 4) is 11.5 Å². The van der Waals surface area contributed by atoms with Crippen molar-refractivity contribution in [2.24, 2.45) is 5.73 Å². The predicted octanol–water partition coefficient (Wildman–Crippen LogP) is 0.600. The number of carbonyl (C=O) groups excluding carboxylic acids is 2. The maximum Gasteiger partial charge on any atom is 0.284 e. The van der Waals surface area contributed by atoms with E-state index >= 15 is 0 Å². The average Bonchev–Trinajstić information content (AvgIpc) is 2.89. The average molecular weight is 500 g/mol. The molecule has 1 fully saturated rings. The number of aromatic nitrogens is 2. The van der Waals surface area contributed by atoms with Gasteiger partial charge in [0.1, 0.15) is 23.8 Å². The van der Waals surface area contributed by atoms with E-state index in [-0.39, 0.29) is 54.7 Å². The summed E-state index contributed by atoms with van der Waals surface area (Å²) in [5.74, 6) is -2.08. The Morgan fingerprint density at radius 3 is 2.72 bits per heavy atom. The van der Waals surface area contributed by atoms with Crippen molar-refractivity contribution in [1.29, 1.82) is 0 Å². The van der Waals surface area contributed by atoms with Crippen LogP contribution in [0.4, 0.5) is 4.39 Å². The Balaban J connectivity index is 1.67. The van der Waals surface area contributed by atoms with Crippen molar-refractivity contribution in [1.82, 2.24) is 14.9 Å². The van der Waals surface area contributed by atoms with Gasteiger partial charge >= 0.3 is 0 Å². The number of fused-ring (bicyclic) bond motifs is 1. The summed E-state index contributed by atoms with van der Waals surface area (Å²) in [4.78, 5) is 41.5. The Hall–Kier alpha value is -4.03. The fourth-order valence-corrected chi connectivity index (χ4v) is 3.81. The van der Waals surface area contributed by atoms with Crippen LogP contribution >= 0.6 is 0 Å². The summed E-state index contributed by atoms with van der Waals surface area (Å²) in [6.07, 6.45) is -1.35. The van der Waals surface area contributed by atoms with Crippen LogP contribution in [0.2, 0.25) is 0 Å². The summed E-state index contributed by atoms with van der Waals surface area (Å²) in [6, 6.07) is 9.24. The second kappa shape index (κ2) is 10.7. The van der Waals surface area contributed by atoms with Crippen LogP contribution in [0.25, 0.3) is 10.9 Å². The van der Waals surface area contributed by atoms with Gasteiger partial charge in [0.05, 0.1) is 32.4 Å². The maximum atomic E-state index is 14.8. The summed E-state index contributed by atoms with van der Waals surface area (Å²) in [5.41, 5.74) is 5.48. The monoisotopic (exact) mass is 500 g/mol. The van der Waals surface area contributed by atoms with Crippen LogP contribution in [0.3, 0.4) is 0 Å². The highest BCUT2D eigenvalue weighted by Crippen LogP contribution is 2.27. The predicted molar refractivity (Wildman–Crippen MR) is 126 cm³/mol. The van der Waals surface area contributed by atoms with Crippen LogP contribution in [-0.4, -0.2) is 67.6 Å². The van der Waals surface area contributed by atoms with Gasteiger partial charge in [-0.3, -0.25) is 19.0 Å². The van der Waals surface area contributed by atoms with Gasteiger partial charge in [-0.05, 0) is 29.8 Å². The topological polar surface area (TPSA) is 144 Å². The molecular formula is C24H25FN4O7. The molecule has 2 unspecified atom stereocenters. The number of nitrogens with one attached hydrogen (secondary N) is 1. The number of nitrogens with two attached hydrogens (primary N) is 1. The fourth-order valence-electron chi connectivity index (χ4n) is 3.81. The van der Waals surface area contributed by atoms with Crippen LogP contribution in [0.15, 0.2) is 41.2 Å². The Labute approximate surface area is 204 Å². The van der Waals surface area contributed by atoms with Crippen molar-refractivity contribution in [3.05, 3.63) is 64.0 Å². The number of primary amides is 1. The van der Waals surface area contributed by atoms with E-state index in [4.69, 9.17) is 24.7 Å². The molecule has 0 bridgehead atoms. The third-order valence-electron chi connectivity index (χ3n) is 5.64. The summed E-state index contributed by atoms with van der Waals surface area (Å²) in [7, 11) is 2.99. The van der Waals surface area contributed by atoms with Gasteiger partial charge in [-0.25, -0.2) is 9.37 Å². The highest BCUT2D eigenvalue weighted by atomic mass is 19.1. The van der Waals surface area contributed by atoms with Crippen molar-refractivity contribution in [3.63, 3.8) is 0 Å². The third-order valence-corrected chi connectivity index (χ3v) is 5.64. The summed E-state index contributed by atoms with van der Waals surface area (Å²) in [5, 5.41) is 2.32. The van der Waals surface area contributed by atoms with Gasteiger partial charge in [0.25, 0.3) is 17.4 Å². The number of hydrogen-bond acceptors (Lipinski definition) is 8. The molecule has 0 saturated carbocycles. The zero-order valence-electron chi connectivity index (χ0n) is 19.7. The zero-order chi connectivity index (χ0) is 25.8. The van der Waals surface area contributed by atoms with E-state index in [1.165, 1.54) is 20.2 Å². The summed E-state index contributed by atoms with van der Waals surface area (Å²) in [6.45, 7) is -0.172. The molecule has 36 heavy (non-hydrogen) atoms. The third kappa shape index (κ3) is 5.14. The Bertz CT molecular complexity index is 1350. The van der Waals surface area contributed by atoms with Crippen molar-refractivity contribution >= 4 is 22.7 Å². The molecular weight excluding hydrogens is 475 g/mol. The molecule has 1 aromatic heterocycles. The van der Waals surface area contributed by atoms with Gasteiger partial charge in [0.2, 0.25) is 5.82 Å². The van der Waals surface area contributed by atoms with Crippen molar-refractivity contribution in [2.75, 3.05) is 34.0 Å². The smallest absolute Gasteiger partial charge is 0.284 e. The largest absolute Gasteiger partial charge is 0.497 e. The van der Waals surface area contributed by atoms with Crippen LogP contribution in [0.1, 0.15) is 16.2 Å². The Morgan fingerprint density at radius 2 is 2.06 bits per heavy atom. The normalized spacial score (nSPS) is 17.5. The minimum absolute atomic E-state index is 0.00257. The minimum atomic E-state index is -0.915. The Morgan fingerprint density at radius 1 is 1.25 bits per heavy atom. The molecule has 190 valence electrons. The van der Waals surface area contributed by atoms with Gasteiger partial charge in [-0.15, -0.1) is 0 Å². The summed E-state index contributed by atoms with van der Waals surface area (Å²) >= 11 is 0. The van der Waals surface area contributed by atoms with E-state index in [0.29, 0.717) is 11.3 Å². The molecule has 3 N–H and O–H groups in total. The first-order chi connectivity index (χ1) is 17.3. The molecule has 0 radical (unpaired) electrons. The number of nitrogens with zero attached hydrogens (tertiary/aromatic N) is 2. The SMILES string of the molecule is CNC(=O)C1COC(COc2c(F)ccc3nc(C(N)=O)n(Cc4cccc(OC)c4)c(=O)c23)CO1. The molecule has 1 aliphatic heterocycles. The molecule has 2 aromatic carbocycles. The molecule has 11 nitrogen and oxygen atoms in total. The van der Waals surface area contributed by atoms with Gasteiger partial charge < -0.3 is 30.0 Å². The number of hydrogen-bond donors (Lipinski definition) is 2. The molecule has 12 heteroatoms. The number of amides is 2. The zero-order valence-corrected chi connectivity index (χ0v) is 19.7. The van der Waals surface area contributed by atoms with Crippen molar-refractivity contribution < 1.29 is 32.9 Å². The number of benzene rings is 2. The number of likely N-dealkylation sites (N-methyl/N-ethyl adjacent to an activating group) is 1. The van der Waals surface area contributed by atoms with Gasteiger partial charge in [-0.2, -0.15) is 0 Å². The first kappa shape index (κ1) is 25.1. The fraction of sp³-hybridized carbons (Fsp3) is 0.333. The standard InChI is InChI=1S/C24H25FN4O7/c1-27-23(31)18-12-34-15(10-35-18)11-36-20-16(25)6-7-17-19(20)24(32)29(22(28-17)21(26)30)9-13-4-3-5-14(8-13)33-2/h3-8,15,18H,9-12H2,1-2H3,(H2,26,30)(H,27,31). The quantitative estimate of drug-likeness (QED) is 0.458. The van der Waals surface area contributed by atoms with Crippen LogP contribution in [-0.2, 0) is 20.8 Å². The molecule has 1 saturated heterocycles. The molecule has 2 atom stereocenters. The number of carbonyl (C=O) groups is 2. The number of methoxy groups -OCH3 is 1. The maximum absolute atomic E-state index is 14.8. The molecule has 4 rings (SSSR count). The van der Waals surface area contributed by atoms with Crippen molar-refractivity contribution in [2.45, 2.75) is 18.8 Å². The number of rotatable bonds is 8. The first-order valence-corrected chi connectivity index (χ1v) is 11.1. The first-order valence-electron chi connectivity index (χ1n) is 11.1. The highest BCUT2D eigenvalue weighted by Gasteiger charge is 2.28. The molecule has 2 amide bonds. The van der Waals surface area contributed by atoms with Gasteiger partial charge in [0.15, 0.2) is 17.7 Å². The Kier molecular flexibility index (Phi) is 7.46. The number of halogens is 1. The highest BCUT2D eigenvalue weighted by molar-refractivity contribution is 5.93. The second-order valence-corrected chi connectivity index (χ2v) is 8.02. The van der Waals surface area contributed by atoms with Crippen LogP contribution in [0, 0.1) is 5.82 Å². The van der Waals surface area contributed by atoms with Gasteiger partial charge in [-0.1, -0.05) is 12.1 Å². The van der Waals surface area contributed by atoms with E-state index in [0.717, 1.165) is 10.6 Å². The summed E-state index contributed by atoms with van der Waals surface area (Å²) < 4.78 is 37.9.